The molecule has 2 amide bonds. The highest BCUT2D eigenvalue weighted by atomic mass is 32.2. The lowest BCUT2D eigenvalue weighted by Crippen LogP contribution is -2.15. The monoisotopic (exact) mass is 349 g/mol. The Hall–Kier alpha value is -1.86. The van der Waals surface area contributed by atoms with Crippen molar-refractivity contribution in [2.45, 2.75) is 26.5 Å². The van der Waals surface area contributed by atoms with Crippen molar-refractivity contribution in [1.29, 1.82) is 0 Å². The van der Waals surface area contributed by atoms with Crippen LogP contribution in [0.25, 0.3) is 0 Å². The number of amides is 2. The number of carbonyl (C=O) groups excluding carboxylic acids is 2. The minimum Gasteiger partial charge on any atom is -0.369 e. The van der Waals surface area contributed by atoms with Crippen LogP contribution in [0.2, 0.25) is 0 Å². The Bertz CT molecular complexity index is 718. The molecule has 1 aromatic carbocycles. The standard InChI is InChI=1S/C16H19N3O2S2/c1-9-4-10(2)14(11(3)5-9)15(21)19-16-18-12(7-23-16)6-22-8-13(17)20/h4-5,7H,6,8H2,1-3H3,(H2,17,20)(H,18,19,21). The quantitative estimate of drug-likeness (QED) is 0.839. The van der Waals surface area contributed by atoms with E-state index in [0.29, 0.717) is 16.4 Å². The van der Waals surface area contributed by atoms with Crippen LogP contribution in [0.4, 0.5) is 5.13 Å². The average Bonchev–Trinajstić information content (AvgIpc) is 2.84. The van der Waals surface area contributed by atoms with Crippen molar-refractivity contribution in [3.63, 3.8) is 0 Å². The molecule has 0 aliphatic heterocycles. The Kier molecular flexibility index (Phi) is 5.79. The molecule has 0 radical (unpaired) electrons. The summed E-state index contributed by atoms with van der Waals surface area (Å²) in [5, 5.41) is 5.28. The van der Waals surface area contributed by atoms with Crippen LogP contribution < -0.4 is 11.1 Å². The van der Waals surface area contributed by atoms with E-state index in [1.54, 1.807) is 0 Å². The van der Waals surface area contributed by atoms with Crippen molar-refractivity contribution in [3.05, 3.63) is 45.5 Å². The lowest BCUT2D eigenvalue weighted by atomic mass is 9.99. The fraction of sp³-hybridized carbons (Fsp3) is 0.312. The summed E-state index contributed by atoms with van der Waals surface area (Å²) in [4.78, 5) is 27.5. The molecule has 2 aromatic rings. The topological polar surface area (TPSA) is 85.1 Å². The molecule has 1 aromatic heterocycles. The molecule has 0 atom stereocenters. The zero-order valence-electron chi connectivity index (χ0n) is 13.3. The Morgan fingerprint density at radius 3 is 2.52 bits per heavy atom. The number of carbonyl (C=O) groups is 2. The average molecular weight is 349 g/mol. The van der Waals surface area contributed by atoms with E-state index < -0.39 is 0 Å². The van der Waals surface area contributed by atoms with Crippen LogP contribution in [0.15, 0.2) is 17.5 Å². The highest BCUT2D eigenvalue weighted by molar-refractivity contribution is 7.99. The number of hydrogen-bond acceptors (Lipinski definition) is 5. The van der Waals surface area contributed by atoms with Crippen molar-refractivity contribution in [2.24, 2.45) is 5.73 Å². The predicted molar refractivity (Wildman–Crippen MR) is 96.1 cm³/mol. The van der Waals surface area contributed by atoms with E-state index in [0.717, 1.165) is 22.4 Å². The number of rotatable bonds is 6. The second-order valence-corrected chi connectivity index (χ2v) is 7.17. The first-order chi connectivity index (χ1) is 10.9. The molecule has 5 nitrogen and oxygen atoms in total. The molecule has 0 saturated carbocycles. The number of benzene rings is 1. The van der Waals surface area contributed by atoms with E-state index in [9.17, 15) is 9.59 Å². The minimum absolute atomic E-state index is 0.148. The largest absolute Gasteiger partial charge is 0.369 e. The van der Waals surface area contributed by atoms with E-state index >= 15 is 0 Å². The summed E-state index contributed by atoms with van der Waals surface area (Å²) in [6, 6.07) is 3.99. The van der Waals surface area contributed by atoms with Gasteiger partial charge in [0.05, 0.1) is 11.4 Å². The number of thiazole rings is 1. The van der Waals surface area contributed by atoms with Crippen molar-refractivity contribution in [3.8, 4) is 0 Å². The first-order valence-electron chi connectivity index (χ1n) is 7.06. The van der Waals surface area contributed by atoms with Crippen LogP contribution in [0, 0.1) is 20.8 Å². The number of nitrogens with zero attached hydrogens (tertiary/aromatic N) is 1. The Morgan fingerprint density at radius 2 is 1.91 bits per heavy atom. The summed E-state index contributed by atoms with van der Waals surface area (Å²) < 4.78 is 0. The molecule has 122 valence electrons. The molecule has 0 aliphatic carbocycles. The molecule has 2 rings (SSSR count). The van der Waals surface area contributed by atoms with E-state index in [1.807, 2.05) is 38.3 Å². The van der Waals surface area contributed by atoms with Crippen LogP contribution in [0.1, 0.15) is 32.7 Å². The third kappa shape index (κ3) is 4.80. The maximum atomic E-state index is 12.5. The number of primary amides is 1. The van der Waals surface area contributed by atoms with Gasteiger partial charge in [-0.2, -0.15) is 0 Å². The molecule has 0 saturated heterocycles. The normalized spacial score (nSPS) is 10.6. The van der Waals surface area contributed by atoms with Crippen LogP contribution in [0.5, 0.6) is 0 Å². The van der Waals surface area contributed by atoms with E-state index in [-0.39, 0.29) is 17.6 Å². The zero-order chi connectivity index (χ0) is 17.0. The first kappa shape index (κ1) is 17.5. The lowest BCUT2D eigenvalue weighted by Gasteiger charge is -2.10. The summed E-state index contributed by atoms with van der Waals surface area (Å²) >= 11 is 2.78. The summed E-state index contributed by atoms with van der Waals surface area (Å²) in [7, 11) is 0. The number of aromatic nitrogens is 1. The van der Waals surface area contributed by atoms with Gasteiger partial charge in [-0.05, 0) is 31.9 Å². The fourth-order valence-corrected chi connectivity index (χ4v) is 3.86. The Morgan fingerprint density at radius 1 is 1.26 bits per heavy atom. The molecular formula is C16H19N3O2S2. The lowest BCUT2D eigenvalue weighted by molar-refractivity contribution is -0.115. The number of thioether (sulfide) groups is 1. The molecule has 0 spiro atoms. The molecule has 7 heteroatoms. The molecule has 0 unspecified atom stereocenters. The molecule has 0 fully saturated rings. The van der Waals surface area contributed by atoms with Gasteiger partial charge in [0.1, 0.15) is 0 Å². The molecule has 1 heterocycles. The van der Waals surface area contributed by atoms with Gasteiger partial charge >= 0.3 is 0 Å². The molecule has 23 heavy (non-hydrogen) atoms. The molecular weight excluding hydrogens is 330 g/mol. The van der Waals surface area contributed by atoms with Crippen molar-refractivity contribution >= 4 is 40.0 Å². The maximum Gasteiger partial charge on any atom is 0.257 e. The number of nitrogens with two attached hydrogens (primary N) is 1. The van der Waals surface area contributed by atoms with Crippen molar-refractivity contribution in [2.75, 3.05) is 11.1 Å². The second-order valence-electron chi connectivity index (χ2n) is 5.33. The zero-order valence-corrected chi connectivity index (χ0v) is 14.9. The van der Waals surface area contributed by atoms with Gasteiger partial charge in [0.15, 0.2) is 5.13 Å². The van der Waals surface area contributed by atoms with Crippen molar-refractivity contribution < 1.29 is 9.59 Å². The van der Waals surface area contributed by atoms with Gasteiger partial charge in [0.2, 0.25) is 5.91 Å². The van der Waals surface area contributed by atoms with Crippen LogP contribution >= 0.6 is 23.1 Å². The summed E-state index contributed by atoms with van der Waals surface area (Å²) in [6.45, 7) is 5.88. The third-order valence-electron chi connectivity index (χ3n) is 3.17. The number of hydrogen-bond donors (Lipinski definition) is 2. The van der Waals surface area contributed by atoms with Gasteiger partial charge in [-0.1, -0.05) is 17.7 Å². The Balaban J connectivity index is 2.04. The first-order valence-corrected chi connectivity index (χ1v) is 9.10. The van der Waals surface area contributed by atoms with Crippen molar-refractivity contribution in [1.82, 2.24) is 4.98 Å². The Labute approximate surface area is 143 Å². The minimum atomic E-state index is -0.343. The number of anilines is 1. The third-order valence-corrected chi connectivity index (χ3v) is 4.97. The highest BCUT2D eigenvalue weighted by Crippen LogP contribution is 2.22. The maximum absolute atomic E-state index is 12.5. The van der Waals surface area contributed by atoms with Gasteiger partial charge < -0.3 is 5.73 Å². The van der Waals surface area contributed by atoms with Crippen LogP contribution in [-0.2, 0) is 10.5 Å². The van der Waals surface area contributed by atoms with Gasteiger partial charge in [-0.15, -0.1) is 23.1 Å². The predicted octanol–water partition coefficient (Wildman–Crippen LogP) is 3.04. The smallest absolute Gasteiger partial charge is 0.257 e. The SMILES string of the molecule is Cc1cc(C)c(C(=O)Nc2nc(CSCC(N)=O)cs2)c(C)c1. The van der Waals surface area contributed by atoms with E-state index in [1.165, 1.54) is 23.1 Å². The fourth-order valence-electron chi connectivity index (χ4n) is 2.38. The van der Waals surface area contributed by atoms with Gasteiger partial charge in [0, 0.05) is 16.7 Å². The molecule has 0 bridgehead atoms. The highest BCUT2D eigenvalue weighted by Gasteiger charge is 2.14. The summed E-state index contributed by atoms with van der Waals surface area (Å²) in [5.41, 5.74) is 9.66. The summed E-state index contributed by atoms with van der Waals surface area (Å²) in [5.74, 6) is 0.369. The molecule has 0 aliphatic rings. The van der Waals surface area contributed by atoms with E-state index in [4.69, 9.17) is 5.73 Å². The van der Waals surface area contributed by atoms with Crippen LogP contribution in [-0.4, -0.2) is 22.6 Å². The number of aryl methyl sites for hydroxylation is 3. The van der Waals surface area contributed by atoms with Gasteiger partial charge in [0.25, 0.3) is 5.91 Å². The second kappa shape index (κ2) is 7.61. The van der Waals surface area contributed by atoms with E-state index in [2.05, 4.69) is 10.3 Å². The number of nitrogens with one attached hydrogen (secondary N) is 1. The molecule has 3 N–H and O–H groups in total. The van der Waals surface area contributed by atoms with Gasteiger partial charge in [-0.25, -0.2) is 4.98 Å². The van der Waals surface area contributed by atoms with Gasteiger partial charge in [-0.3, -0.25) is 14.9 Å². The van der Waals surface area contributed by atoms with Crippen LogP contribution in [0.3, 0.4) is 0 Å². The summed E-state index contributed by atoms with van der Waals surface area (Å²) in [6.07, 6.45) is 0.